The third kappa shape index (κ3) is 3.02. The molecule has 2 unspecified atom stereocenters. The molecule has 3 heterocycles. The van der Waals surface area contributed by atoms with Gasteiger partial charge in [0.25, 0.3) is 5.91 Å². The summed E-state index contributed by atoms with van der Waals surface area (Å²) in [6.45, 7) is 7.86. The van der Waals surface area contributed by atoms with Crippen molar-refractivity contribution < 1.29 is 4.79 Å². The third-order valence-electron chi connectivity index (χ3n) is 4.31. The van der Waals surface area contributed by atoms with Crippen LogP contribution >= 0.6 is 23.1 Å². The molecule has 2 aliphatic rings. The summed E-state index contributed by atoms with van der Waals surface area (Å²) in [5.41, 5.74) is 5.12. The van der Waals surface area contributed by atoms with E-state index >= 15 is 0 Å². The van der Waals surface area contributed by atoms with Crippen molar-refractivity contribution in [3.8, 4) is 0 Å². The number of hydrogen-bond donors (Lipinski definition) is 2. The molecule has 2 N–H and O–H groups in total. The molecule has 3 rings (SSSR count). The fourth-order valence-corrected chi connectivity index (χ4v) is 5.28. The van der Waals surface area contributed by atoms with Gasteiger partial charge in [0.2, 0.25) is 0 Å². The maximum absolute atomic E-state index is 12.4. The minimum atomic E-state index is -0.0218. The van der Waals surface area contributed by atoms with Crippen molar-refractivity contribution in [3.05, 3.63) is 17.0 Å². The summed E-state index contributed by atoms with van der Waals surface area (Å²) in [7, 11) is 0. The predicted molar refractivity (Wildman–Crippen MR) is 92.6 cm³/mol. The van der Waals surface area contributed by atoms with Crippen LogP contribution in [0.4, 0.5) is 0 Å². The highest BCUT2D eigenvalue weighted by molar-refractivity contribution is 8.01. The second-order valence-corrected chi connectivity index (χ2v) is 7.67. The third-order valence-corrected chi connectivity index (χ3v) is 6.69. The Morgan fingerprint density at radius 3 is 3.09 bits per heavy atom. The largest absolute Gasteiger partial charge is 0.350 e. The normalized spacial score (nSPS) is 22.8. The van der Waals surface area contributed by atoms with Crippen molar-refractivity contribution in [1.82, 2.24) is 15.6 Å². The van der Waals surface area contributed by atoms with E-state index in [0.717, 1.165) is 25.4 Å². The standard InChI is InChI=1S/C15H22N4OS2/c1-3-19(4-2)7-6-16-14(20)13-11-9-22-15-10(5-8-21-15)12(11)17-18-13/h5,8,11-12,17H,3-4,6-7,9H2,1-2H3,(H,16,20). The molecule has 0 bridgehead atoms. The molecule has 0 fully saturated rings. The zero-order valence-corrected chi connectivity index (χ0v) is 14.6. The van der Waals surface area contributed by atoms with Crippen molar-refractivity contribution >= 4 is 34.7 Å². The van der Waals surface area contributed by atoms with E-state index in [2.05, 4.69) is 46.0 Å². The van der Waals surface area contributed by atoms with Crippen LogP contribution in [0.5, 0.6) is 0 Å². The molecular weight excluding hydrogens is 316 g/mol. The highest BCUT2D eigenvalue weighted by atomic mass is 32.2. The number of rotatable bonds is 6. The first-order chi connectivity index (χ1) is 10.7. The number of hydrogen-bond acceptors (Lipinski definition) is 6. The molecule has 2 atom stereocenters. The minimum Gasteiger partial charge on any atom is -0.350 e. The maximum atomic E-state index is 12.4. The number of hydrazone groups is 1. The number of thiophene rings is 1. The minimum absolute atomic E-state index is 0.0218. The van der Waals surface area contributed by atoms with Crippen LogP contribution in [0.15, 0.2) is 20.8 Å². The summed E-state index contributed by atoms with van der Waals surface area (Å²) in [6, 6.07) is 2.32. The fraction of sp³-hybridized carbons (Fsp3) is 0.600. The van der Waals surface area contributed by atoms with Crippen LogP contribution < -0.4 is 10.7 Å². The highest BCUT2D eigenvalue weighted by Crippen LogP contribution is 2.44. The van der Waals surface area contributed by atoms with Crippen LogP contribution in [-0.4, -0.2) is 48.5 Å². The van der Waals surface area contributed by atoms with Gasteiger partial charge in [0.15, 0.2) is 0 Å². The highest BCUT2D eigenvalue weighted by Gasteiger charge is 2.40. The zero-order valence-electron chi connectivity index (χ0n) is 13.0. The summed E-state index contributed by atoms with van der Waals surface area (Å²) in [6.07, 6.45) is 0. The second-order valence-electron chi connectivity index (χ2n) is 5.47. The Balaban J connectivity index is 1.57. The van der Waals surface area contributed by atoms with Gasteiger partial charge in [0.05, 0.1) is 10.3 Å². The van der Waals surface area contributed by atoms with Crippen molar-refractivity contribution in [2.75, 3.05) is 31.9 Å². The van der Waals surface area contributed by atoms with Gasteiger partial charge >= 0.3 is 0 Å². The number of likely N-dealkylation sites (N-methyl/N-ethyl adjacent to an activating group) is 1. The Morgan fingerprint density at radius 2 is 2.32 bits per heavy atom. The van der Waals surface area contributed by atoms with Gasteiger partial charge in [-0.1, -0.05) is 13.8 Å². The summed E-state index contributed by atoms with van der Waals surface area (Å²) >= 11 is 3.61. The van der Waals surface area contributed by atoms with Gasteiger partial charge in [-0.15, -0.1) is 23.1 Å². The molecule has 120 valence electrons. The Hall–Kier alpha value is -1.05. The zero-order chi connectivity index (χ0) is 15.5. The summed E-state index contributed by atoms with van der Waals surface area (Å²) in [5, 5.41) is 9.46. The van der Waals surface area contributed by atoms with Gasteiger partial charge in [0, 0.05) is 30.3 Å². The van der Waals surface area contributed by atoms with E-state index in [1.165, 1.54) is 9.77 Å². The summed E-state index contributed by atoms with van der Waals surface area (Å²) in [5.74, 6) is 1.08. The van der Waals surface area contributed by atoms with Crippen LogP contribution in [-0.2, 0) is 4.79 Å². The molecule has 22 heavy (non-hydrogen) atoms. The van der Waals surface area contributed by atoms with E-state index < -0.39 is 0 Å². The Bertz CT molecular complexity index is 568. The molecule has 0 radical (unpaired) electrons. The lowest BCUT2D eigenvalue weighted by Gasteiger charge is -2.25. The van der Waals surface area contributed by atoms with E-state index in [1.54, 1.807) is 11.3 Å². The molecule has 2 aliphatic heterocycles. The Morgan fingerprint density at radius 1 is 1.50 bits per heavy atom. The number of nitrogens with zero attached hydrogens (tertiary/aromatic N) is 2. The molecule has 1 amide bonds. The molecular formula is C15H22N4OS2. The smallest absolute Gasteiger partial charge is 0.267 e. The lowest BCUT2D eigenvalue weighted by molar-refractivity contribution is -0.115. The van der Waals surface area contributed by atoms with Crippen LogP contribution in [0, 0.1) is 5.92 Å². The number of carbonyl (C=O) groups excluding carboxylic acids is 1. The molecule has 1 aromatic rings. The van der Waals surface area contributed by atoms with Gasteiger partial charge < -0.3 is 15.6 Å². The van der Waals surface area contributed by atoms with E-state index in [9.17, 15) is 4.79 Å². The first-order valence-corrected chi connectivity index (χ1v) is 9.65. The topological polar surface area (TPSA) is 56.7 Å². The van der Waals surface area contributed by atoms with Crippen molar-refractivity contribution in [2.45, 2.75) is 24.1 Å². The monoisotopic (exact) mass is 338 g/mol. The fourth-order valence-electron chi connectivity index (χ4n) is 2.93. The number of carbonyl (C=O) groups is 1. The van der Waals surface area contributed by atoms with Gasteiger partial charge in [-0.25, -0.2) is 0 Å². The van der Waals surface area contributed by atoms with E-state index in [-0.39, 0.29) is 17.9 Å². The summed E-state index contributed by atoms with van der Waals surface area (Å²) < 4.78 is 1.35. The van der Waals surface area contributed by atoms with Crippen molar-refractivity contribution in [3.63, 3.8) is 0 Å². The van der Waals surface area contributed by atoms with Crippen molar-refractivity contribution in [1.29, 1.82) is 0 Å². The first-order valence-electron chi connectivity index (χ1n) is 7.78. The van der Waals surface area contributed by atoms with Gasteiger partial charge in [0.1, 0.15) is 5.71 Å². The van der Waals surface area contributed by atoms with Crippen LogP contribution in [0.25, 0.3) is 0 Å². The average molecular weight is 339 g/mol. The van der Waals surface area contributed by atoms with Gasteiger partial charge in [-0.3, -0.25) is 4.79 Å². The molecule has 1 aromatic heterocycles. The number of fused-ring (bicyclic) bond motifs is 3. The Kier molecular flexibility index (Phi) is 5.05. The Labute approximate surface area is 139 Å². The summed E-state index contributed by atoms with van der Waals surface area (Å²) in [4.78, 5) is 14.7. The van der Waals surface area contributed by atoms with Crippen LogP contribution in [0.2, 0.25) is 0 Å². The second kappa shape index (κ2) is 7.02. The molecule has 0 saturated carbocycles. The number of thioether (sulfide) groups is 1. The predicted octanol–water partition coefficient (Wildman–Crippen LogP) is 1.93. The molecule has 0 aliphatic carbocycles. The van der Waals surface area contributed by atoms with E-state index in [0.29, 0.717) is 12.3 Å². The number of amides is 1. The van der Waals surface area contributed by atoms with E-state index in [1.807, 2.05) is 11.8 Å². The number of nitrogens with one attached hydrogen (secondary N) is 2. The van der Waals surface area contributed by atoms with Gasteiger partial charge in [-0.05, 0) is 24.5 Å². The van der Waals surface area contributed by atoms with Crippen LogP contribution in [0.3, 0.4) is 0 Å². The lowest BCUT2D eigenvalue weighted by Crippen LogP contribution is -2.41. The average Bonchev–Trinajstić information content (AvgIpc) is 3.16. The lowest BCUT2D eigenvalue weighted by atomic mass is 9.93. The molecule has 0 saturated heterocycles. The molecule has 5 nitrogen and oxygen atoms in total. The van der Waals surface area contributed by atoms with Gasteiger partial charge in [-0.2, -0.15) is 5.10 Å². The maximum Gasteiger partial charge on any atom is 0.267 e. The quantitative estimate of drug-likeness (QED) is 0.832. The molecule has 0 spiro atoms. The SMILES string of the molecule is CCN(CC)CCNC(=O)C1=NNC2c3ccsc3SCC12. The van der Waals surface area contributed by atoms with Crippen molar-refractivity contribution in [2.24, 2.45) is 11.0 Å². The van der Waals surface area contributed by atoms with E-state index in [4.69, 9.17) is 0 Å². The molecule has 0 aromatic carbocycles. The first kappa shape index (κ1) is 15.8. The van der Waals surface area contributed by atoms with Crippen LogP contribution in [0.1, 0.15) is 25.5 Å². The molecule has 7 heteroatoms.